The van der Waals surface area contributed by atoms with E-state index in [9.17, 15) is 14.4 Å². The largest absolute Gasteiger partial charge is 0.348 e. The Kier molecular flexibility index (Phi) is 6.62. The second-order valence-electron chi connectivity index (χ2n) is 9.64. The van der Waals surface area contributed by atoms with Crippen LogP contribution in [0.3, 0.4) is 0 Å². The number of amides is 3. The first-order valence-electron chi connectivity index (χ1n) is 11.7. The molecule has 188 valence electrons. The number of aromatic nitrogens is 2. The van der Waals surface area contributed by atoms with Gasteiger partial charge in [0.25, 0.3) is 11.8 Å². The van der Waals surface area contributed by atoms with Crippen molar-refractivity contribution >= 4 is 46.5 Å². The molecule has 1 saturated carbocycles. The molecule has 36 heavy (non-hydrogen) atoms. The van der Waals surface area contributed by atoms with Gasteiger partial charge in [0.1, 0.15) is 5.00 Å². The number of thiophene rings is 1. The molecule has 3 heterocycles. The summed E-state index contributed by atoms with van der Waals surface area (Å²) in [7, 11) is 3.58. The lowest BCUT2D eigenvalue weighted by Gasteiger charge is -2.21. The number of carbonyl (C=O) groups excluding carboxylic acids is 3. The molecule has 0 radical (unpaired) electrons. The Morgan fingerprint density at radius 2 is 2.11 bits per heavy atom. The Morgan fingerprint density at radius 1 is 1.31 bits per heavy atom. The summed E-state index contributed by atoms with van der Waals surface area (Å²) in [6, 6.07) is 7.51. The lowest BCUT2D eigenvalue weighted by Crippen LogP contribution is -2.28. The monoisotopic (exact) mass is 524 g/mol. The Balaban J connectivity index is 1.41. The minimum Gasteiger partial charge on any atom is -0.348 e. The van der Waals surface area contributed by atoms with Crippen LogP contribution in [-0.2, 0) is 31.5 Å². The van der Waals surface area contributed by atoms with Gasteiger partial charge in [-0.2, -0.15) is 5.10 Å². The minimum atomic E-state index is -0.172. The molecule has 9 nitrogen and oxygen atoms in total. The number of rotatable bonds is 10. The van der Waals surface area contributed by atoms with Gasteiger partial charge in [-0.3, -0.25) is 23.8 Å². The quantitative estimate of drug-likeness (QED) is 0.312. The second-order valence-corrected chi connectivity index (χ2v) is 11.8. The molecule has 0 unspecified atom stereocenters. The molecule has 1 fully saturated rings. The predicted octanol–water partition coefficient (Wildman–Crippen LogP) is 3.31. The van der Waals surface area contributed by atoms with E-state index in [1.165, 1.54) is 23.3 Å². The first kappa shape index (κ1) is 24.5. The predicted molar refractivity (Wildman–Crippen MR) is 140 cm³/mol. The molecule has 3 amide bonds. The SMILES string of the molecule is CN(Cc1cnn(C)c1)C(=O)c1cc(SNC2(C)CC2)sc1N(C=O)Cc1ccc2c(c1)C(=O)NC2. The highest BCUT2D eigenvalue weighted by molar-refractivity contribution is 7.99. The summed E-state index contributed by atoms with van der Waals surface area (Å²) in [5.41, 5.74) is 3.92. The highest BCUT2D eigenvalue weighted by Gasteiger charge is 2.37. The van der Waals surface area contributed by atoms with Crippen LogP contribution >= 0.6 is 23.3 Å². The van der Waals surface area contributed by atoms with E-state index < -0.39 is 0 Å². The number of hydrogen-bond acceptors (Lipinski definition) is 7. The first-order chi connectivity index (χ1) is 17.2. The van der Waals surface area contributed by atoms with Crippen molar-refractivity contribution in [1.29, 1.82) is 0 Å². The van der Waals surface area contributed by atoms with Crippen LogP contribution in [0.25, 0.3) is 0 Å². The summed E-state index contributed by atoms with van der Waals surface area (Å²) in [5.74, 6) is -0.276. The van der Waals surface area contributed by atoms with Gasteiger partial charge in [-0.25, -0.2) is 0 Å². The molecule has 3 aromatic rings. The zero-order valence-corrected chi connectivity index (χ0v) is 22.0. The van der Waals surface area contributed by atoms with Crippen LogP contribution in [0.1, 0.15) is 57.2 Å². The highest BCUT2D eigenvalue weighted by atomic mass is 32.2. The molecule has 0 atom stereocenters. The molecule has 0 spiro atoms. The van der Waals surface area contributed by atoms with Crippen LogP contribution in [0, 0.1) is 0 Å². The van der Waals surface area contributed by atoms with Crippen LogP contribution in [0.5, 0.6) is 0 Å². The van der Waals surface area contributed by atoms with Gasteiger partial charge in [-0.05, 0) is 55.0 Å². The first-order valence-corrected chi connectivity index (χ1v) is 13.3. The van der Waals surface area contributed by atoms with Crippen LogP contribution in [-0.4, -0.2) is 45.5 Å². The van der Waals surface area contributed by atoms with Crippen molar-refractivity contribution in [3.8, 4) is 0 Å². The van der Waals surface area contributed by atoms with E-state index in [0.717, 1.165) is 40.2 Å². The van der Waals surface area contributed by atoms with Gasteiger partial charge in [-0.1, -0.05) is 12.1 Å². The fourth-order valence-electron chi connectivity index (χ4n) is 4.06. The average molecular weight is 525 g/mol. The molecule has 1 aromatic carbocycles. The molecule has 1 aliphatic carbocycles. The maximum atomic E-state index is 13.6. The van der Waals surface area contributed by atoms with Crippen molar-refractivity contribution in [3.05, 3.63) is 64.5 Å². The molecular formula is C25H28N6O3S2. The van der Waals surface area contributed by atoms with Crippen molar-refractivity contribution in [2.75, 3.05) is 11.9 Å². The van der Waals surface area contributed by atoms with E-state index in [4.69, 9.17) is 0 Å². The van der Waals surface area contributed by atoms with Gasteiger partial charge in [0.05, 0.1) is 22.5 Å². The van der Waals surface area contributed by atoms with Crippen LogP contribution < -0.4 is 14.9 Å². The van der Waals surface area contributed by atoms with E-state index in [-0.39, 0.29) is 23.9 Å². The van der Waals surface area contributed by atoms with Gasteiger partial charge in [0.15, 0.2) is 0 Å². The molecule has 0 saturated heterocycles. The summed E-state index contributed by atoms with van der Waals surface area (Å²) in [6.07, 6.45) is 6.60. The number of benzene rings is 1. The number of carbonyl (C=O) groups is 3. The number of aryl methyl sites for hydroxylation is 1. The van der Waals surface area contributed by atoms with Gasteiger partial charge in [-0.15, -0.1) is 11.3 Å². The third kappa shape index (κ3) is 5.18. The molecule has 5 rings (SSSR count). The number of anilines is 1. The van der Waals surface area contributed by atoms with Gasteiger partial charge < -0.3 is 15.1 Å². The van der Waals surface area contributed by atoms with E-state index in [1.807, 2.05) is 37.5 Å². The van der Waals surface area contributed by atoms with Crippen LogP contribution in [0.4, 0.5) is 5.00 Å². The molecule has 11 heteroatoms. The summed E-state index contributed by atoms with van der Waals surface area (Å²) >= 11 is 2.91. The van der Waals surface area contributed by atoms with Crippen LogP contribution in [0.2, 0.25) is 0 Å². The van der Waals surface area contributed by atoms with E-state index >= 15 is 0 Å². The second kappa shape index (κ2) is 9.72. The van der Waals surface area contributed by atoms with E-state index in [1.54, 1.807) is 27.7 Å². The van der Waals surface area contributed by atoms with E-state index in [2.05, 4.69) is 22.1 Å². The van der Waals surface area contributed by atoms with Gasteiger partial charge >= 0.3 is 0 Å². The molecule has 1 aliphatic heterocycles. The average Bonchev–Trinajstić information content (AvgIpc) is 3.18. The molecule has 2 aliphatic rings. The van der Waals surface area contributed by atoms with Crippen molar-refractivity contribution < 1.29 is 14.4 Å². The zero-order valence-electron chi connectivity index (χ0n) is 20.4. The van der Waals surface area contributed by atoms with Crippen molar-refractivity contribution in [3.63, 3.8) is 0 Å². The molecule has 0 bridgehead atoms. The maximum Gasteiger partial charge on any atom is 0.256 e. The Hall–Kier alpha value is -3.15. The smallest absolute Gasteiger partial charge is 0.256 e. The van der Waals surface area contributed by atoms with Crippen molar-refractivity contribution in [1.82, 2.24) is 24.7 Å². The normalized spacial score (nSPS) is 15.4. The Labute approximate surface area is 218 Å². The fourth-order valence-corrected chi connectivity index (χ4v) is 6.16. The summed E-state index contributed by atoms with van der Waals surface area (Å²) in [6.45, 7) is 3.35. The van der Waals surface area contributed by atoms with E-state index in [0.29, 0.717) is 29.2 Å². The topological polar surface area (TPSA) is 99.6 Å². The lowest BCUT2D eigenvalue weighted by atomic mass is 10.1. The van der Waals surface area contributed by atoms with Crippen LogP contribution in [0.15, 0.2) is 40.9 Å². The summed E-state index contributed by atoms with van der Waals surface area (Å²) in [4.78, 5) is 41.1. The number of nitrogens with one attached hydrogen (secondary N) is 2. The third-order valence-electron chi connectivity index (χ3n) is 6.44. The standard InChI is InChI=1S/C25H28N6O3S2/c1-25(6-7-25)28-36-21-9-20(23(34)29(2)12-17-10-27-30(3)13-17)24(35-21)31(15-32)14-16-4-5-18-11-26-22(33)19(18)8-16/h4-5,8-10,13,15,28H,6-7,11-12,14H2,1-3H3,(H,26,33). The molecule has 2 N–H and O–H groups in total. The van der Waals surface area contributed by atoms with Gasteiger partial charge in [0.2, 0.25) is 6.41 Å². The summed E-state index contributed by atoms with van der Waals surface area (Å²) in [5, 5.41) is 7.59. The zero-order chi connectivity index (χ0) is 25.4. The molecular weight excluding hydrogens is 496 g/mol. The Morgan fingerprint density at radius 3 is 2.81 bits per heavy atom. The maximum absolute atomic E-state index is 13.6. The fraction of sp³-hybridized carbons (Fsp3) is 0.360. The number of hydrogen-bond donors (Lipinski definition) is 2. The van der Waals surface area contributed by atoms with Crippen molar-refractivity contribution in [2.45, 2.75) is 49.1 Å². The number of nitrogens with zero attached hydrogens (tertiary/aromatic N) is 4. The summed E-state index contributed by atoms with van der Waals surface area (Å²) < 4.78 is 6.10. The number of fused-ring (bicyclic) bond motifs is 1. The van der Waals surface area contributed by atoms with Crippen molar-refractivity contribution in [2.24, 2.45) is 7.05 Å². The molecule has 2 aromatic heterocycles. The highest BCUT2D eigenvalue weighted by Crippen LogP contribution is 2.42. The van der Waals surface area contributed by atoms with Gasteiger partial charge in [0, 0.05) is 50.0 Å². The third-order valence-corrected chi connectivity index (χ3v) is 8.82. The minimum absolute atomic E-state index is 0.105. The lowest BCUT2D eigenvalue weighted by molar-refractivity contribution is -0.107. The Bertz CT molecular complexity index is 1330.